The van der Waals surface area contributed by atoms with Crippen molar-refractivity contribution >= 4 is 32.8 Å². The molecule has 152 valence electrons. The summed E-state index contributed by atoms with van der Waals surface area (Å²) in [5, 5.41) is 3.24. The number of carbonyl (C=O) groups excluding carboxylic acids is 1. The van der Waals surface area contributed by atoms with E-state index >= 15 is 0 Å². The van der Waals surface area contributed by atoms with Crippen LogP contribution < -0.4 is 5.32 Å². The summed E-state index contributed by atoms with van der Waals surface area (Å²) in [6.07, 6.45) is 4.12. The maximum atomic E-state index is 13.2. The van der Waals surface area contributed by atoms with Crippen LogP contribution in [0.15, 0.2) is 72.0 Å². The third-order valence-electron chi connectivity index (χ3n) is 4.66. The fourth-order valence-electron chi connectivity index (χ4n) is 3.24. The molecule has 0 aliphatic carbocycles. The van der Waals surface area contributed by atoms with Crippen LogP contribution in [0.3, 0.4) is 0 Å². The first-order chi connectivity index (χ1) is 14.4. The largest absolute Gasteiger partial charge is 0.453 e. The number of ether oxygens (including phenoxy) is 1. The smallest absolute Gasteiger partial charge is 0.412 e. The minimum atomic E-state index is -3.78. The van der Waals surface area contributed by atoms with Gasteiger partial charge in [-0.25, -0.2) is 22.2 Å². The van der Waals surface area contributed by atoms with Gasteiger partial charge in [-0.1, -0.05) is 18.2 Å². The van der Waals surface area contributed by atoms with Crippen LogP contribution >= 0.6 is 0 Å². The summed E-state index contributed by atoms with van der Waals surface area (Å²) in [6, 6.07) is 13.4. The minimum Gasteiger partial charge on any atom is -0.453 e. The van der Waals surface area contributed by atoms with Gasteiger partial charge in [0.1, 0.15) is 5.82 Å². The first-order valence-electron chi connectivity index (χ1n) is 9.00. The number of nitrogens with one attached hydrogen (secondary N) is 1. The Morgan fingerprint density at radius 1 is 1.10 bits per heavy atom. The highest BCUT2D eigenvalue weighted by atomic mass is 32.2. The topological polar surface area (TPSA) is 103 Å². The first kappa shape index (κ1) is 19.6. The van der Waals surface area contributed by atoms with Crippen LogP contribution in [-0.4, -0.2) is 35.6 Å². The second-order valence-corrected chi connectivity index (χ2v) is 8.31. The Morgan fingerprint density at radius 2 is 1.87 bits per heavy atom. The summed E-state index contributed by atoms with van der Waals surface area (Å²) in [5.74, 6) is 0.310. The SMILES string of the molecule is COC(=O)Nc1cc(-c2cnc(C)c3c2ccn3S(=O)(=O)c2ccccc2)ccn1. The number of anilines is 1. The third kappa shape index (κ3) is 3.39. The number of hydrogen-bond acceptors (Lipinski definition) is 6. The molecule has 0 bridgehead atoms. The molecule has 0 radical (unpaired) electrons. The van der Waals surface area contributed by atoms with E-state index in [0.29, 0.717) is 22.6 Å². The lowest BCUT2D eigenvalue weighted by atomic mass is 10.0. The van der Waals surface area contributed by atoms with Crippen molar-refractivity contribution in [3.8, 4) is 11.1 Å². The lowest BCUT2D eigenvalue weighted by molar-refractivity contribution is 0.187. The predicted molar refractivity (Wildman–Crippen MR) is 113 cm³/mol. The van der Waals surface area contributed by atoms with Gasteiger partial charge in [0.2, 0.25) is 0 Å². The van der Waals surface area contributed by atoms with Crippen LogP contribution in [0.1, 0.15) is 5.69 Å². The molecule has 0 aliphatic heterocycles. The molecule has 0 aliphatic rings. The fraction of sp³-hybridized carbons (Fsp3) is 0.0952. The van der Waals surface area contributed by atoms with Crippen LogP contribution in [0.25, 0.3) is 22.0 Å². The Balaban J connectivity index is 1.87. The van der Waals surface area contributed by atoms with Gasteiger partial charge in [-0.05, 0) is 42.8 Å². The summed E-state index contributed by atoms with van der Waals surface area (Å²) >= 11 is 0. The van der Waals surface area contributed by atoms with Crippen LogP contribution in [0.5, 0.6) is 0 Å². The van der Waals surface area contributed by atoms with E-state index in [-0.39, 0.29) is 4.90 Å². The van der Waals surface area contributed by atoms with E-state index in [1.165, 1.54) is 17.3 Å². The Bertz CT molecular complexity index is 1350. The second-order valence-electron chi connectivity index (χ2n) is 6.50. The van der Waals surface area contributed by atoms with Gasteiger partial charge in [0.15, 0.2) is 0 Å². The van der Waals surface area contributed by atoms with Gasteiger partial charge >= 0.3 is 6.09 Å². The zero-order chi connectivity index (χ0) is 21.3. The summed E-state index contributed by atoms with van der Waals surface area (Å²) in [4.78, 5) is 20.2. The molecule has 4 rings (SSSR count). The molecule has 1 N–H and O–H groups in total. The van der Waals surface area contributed by atoms with Crippen LogP contribution in [-0.2, 0) is 14.8 Å². The Labute approximate surface area is 173 Å². The highest BCUT2D eigenvalue weighted by molar-refractivity contribution is 7.90. The average molecular weight is 422 g/mol. The molecule has 1 aromatic carbocycles. The zero-order valence-electron chi connectivity index (χ0n) is 16.2. The molecule has 1 amide bonds. The number of nitrogens with zero attached hydrogens (tertiary/aromatic N) is 3. The van der Waals surface area contributed by atoms with Gasteiger partial charge in [-0.2, -0.15) is 0 Å². The number of fused-ring (bicyclic) bond motifs is 1. The molecular formula is C21H18N4O4S. The highest BCUT2D eigenvalue weighted by Gasteiger charge is 2.21. The third-order valence-corrected chi connectivity index (χ3v) is 6.35. The molecule has 3 aromatic heterocycles. The molecular weight excluding hydrogens is 404 g/mol. The number of aromatic nitrogens is 3. The molecule has 0 fully saturated rings. The van der Waals surface area contributed by atoms with Crippen molar-refractivity contribution in [2.75, 3.05) is 12.4 Å². The number of pyridine rings is 2. The van der Waals surface area contributed by atoms with Gasteiger partial charge in [-0.3, -0.25) is 10.3 Å². The summed E-state index contributed by atoms with van der Waals surface area (Å²) < 4.78 is 32.2. The number of aryl methyl sites for hydroxylation is 1. The van der Waals surface area contributed by atoms with Gasteiger partial charge in [-0.15, -0.1) is 0 Å². The molecule has 0 saturated carbocycles. The van der Waals surface area contributed by atoms with Gasteiger partial charge in [0.25, 0.3) is 10.0 Å². The van der Waals surface area contributed by atoms with Crippen molar-refractivity contribution in [2.45, 2.75) is 11.8 Å². The van der Waals surface area contributed by atoms with E-state index in [1.807, 2.05) is 0 Å². The molecule has 0 atom stereocenters. The van der Waals surface area contributed by atoms with Crippen molar-refractivity contribution in [2.24, 2.45) is 0 Å². The van der Waals surface area contributed by atoms with Crippen LogP contribution in [0.4, 0.5) is 10.6 Å². The number of benzene rings is 1. The second kappa shape index (κ2) is 7.60. The number of amides is 1. The molecule has 4 aromatic rings. The number of hydrogen-bond donors (Lipinski definition) is 1. The standard InChI is InChI=1S/C21H18N4O4S/c1-14-20-17(9-11-25(20)30(27,28)16-6-4-3-5-7-16)18(13-23-14)15-8-10-22-19(12-15)24-21(26)29-2/h3-13H,1-2H3,(H,22,24,26). The lowest BCUT2D eigenvalue weighted by Gasteiger charge is -2.11. The molecule has 3 heterocycles. The molecule has 8 nitrogen and oxygen atoms in total. The van der Waals surface area contributed by atoms with Crippen molar-refractivity contribution in [3.63, 3.8) is 0 Å². The van der Waals surface area contributed by atoms with E-state index in [9.17, 15) is 13.2 Å². The van der Waals surface area contributed by atoms with Crippen molar-refractivity contribution in [1.29, 1.82) is 0 Å². The van der Waals surface area contributed by atoms with Crippen molar-refractivity contribution < 1.29 is 17.9 Å². The van der Waals surface area contributed by atoms with Crippen molar-refractivity contribution in [3.05, 3.63) is 72.8 Å². The van der Waals surface area contributed by atoms with E-state index in [2.05, 4.69) is 20.0 Å². The zero-order valence-corrected chi connectivity index (χ0v) is 17.1. The summed E-state index contributed by atoms with van der Waals surface area (Å²) in [5.41, 5.74) is 2.52. The fourth-order valence-corrected chi connectivity index (χ4v) is 4.66. The normalized spacial score (nSPS) is 11.4. The van der Waals surface area contributed by atoms with Gasteiger partial charge in [0.05, 0.1) is 23.2 Å². The maximum Gasteiger partial charge on any atom is 0.412 e. The molecule has 9 heteroatoms. The number of methoxy groups -OCH3 is 1. The maximum absolute atomic E-state index is 13.2. The number of rotatable bonds is 4. The Morgan fingerprint density at radius 3 is 2.60 bits per heavy atom. The molecule has 0 saturated heterocycles. The van der Waals surface area contributed by atoms with E-state index < -0.39 is 16.1 Å². The monoisotopic (exact) mass is 422 g/mol. The van der Waals surface area contributed by atoms with E-state index in [1.54, 1.807) is 67.8 Å². The molecule has 30 heavy (non-hydrogen) atoms. The van der Waals surface area contributed by atoms with E-state index in [4.69, 9.17) is 0 Å². The van der Waals surface area contributed by atoms with Gasteiger partial charge < -0.3 is 4.74 Å². The number of carbonyl (C=O) groups is 1. The van der Waals surface area contributed by atoms with Crippen LogP contribution in [0, 0.1) is 6.92 Å². The van der Waals surface area contributed by atoms with E-state index in [0.717, 1.165) is 10.9 Å². The molecule has 0 spiro atoms. The summed E-state index contributed by atoms with van der Waals surface area (Å²) in [6.45, 7) is 1.76. The highest BCUT2D eigenvalue weighted by Crippen LogP contribution is 2.32. The first-order valence-corrected chi connectivity index (χ1v) is 10.4. The minimum absolute atomic E-state index is 0.195. The summed E-state index contributed by atoms with van der Waals surface area (Å²) in [7, 11) is -2.51. The van der Waals surface area contributed by atoms with Gasteiger partial charge in [0, 0.05) is 29.5 Å². The molecule has 0 unspecified atom stereocenters. The van der Waals surface area contributed by atoms with Crippen LogP contribution in [0.2, 0.25) is 0 Å². The quantitative estimate of drug-likeness (QED) is 0.536. The Kier molecular flexibility index (Phi) is 4.96. The average Bonchev–Trinajstić information content (AvgIpc) is 3.22. The predicted octanol–water partition coefficient (Wildman–Crippen LogP) is 3.82. The lowest BCUT2D eigenvalue weighted by Crippen LogP contribution is -2.12. The van der Waals surface area contributed by atoms with Crippen molar-refractivity contribution in [1.82, 2.24) is 13.9 Å². The Hall–Kier alpha value is -3.72.